The summed E-state index contributed by atoms with van der Waals surface area (Å²) < 4.78 is 0. The Hall–Kier alpha value is -1.69. The SMILES string of the molecule is CCCN(C)CC1CCN(c2ncc([N+](=O)[O-])cc2C)C1. The number of hydrogen-bond donors (Lipinski definition) is 0. The molecule has 0 bridgehead atoms. The molecular formula is C15H24N4O2. The Morgan fingerprint density at radius 3 is 2.95 bits per heavy atom. The Morgan fingerprint density at radius 1 is 1.57 bits per heavy atom. The van der Waals surface area contributed by atoms with Crippen molar-refractivity contribution in [2.24, 2.45) is 5.92 Å². The van der Waals surface area contributed by atoms with Crippen molar-refractivity contribution in [3.8, 4) is 0 Å². The van der Waals surface area contributed by atoms with Gasteiger partial charge in [0.1, 0.15) is 12.0 Å². The Morgan fingerprint density at radius 2 is 2.33 bits per heavy atom. The number of hydrogen-bond acceptors (Lipinski definition) is 5. The Balaban J connectivity index is 1.99. The van der Waals surface area contributed by atoms with Crippen molar-refractivity contribution in [2.45, 2.75) is 26.7 Å². The van der Waals surface area contributed by atoms with E-state index in [1.165, 1.54) is 12.6 Å². The van der Waals surface area contributed by atoms with Crippen LogP contribution in [0.1, 0.15) is 25.3 Å². The normalized spacial score (nSPS) is 18.5. The fraction of sp³-hybridized carbons (Fsp3) is 0.667. The van der Waals surface area contributed by atoms with E-state index in [9.17, 15) is 10.1 Å². The Labute approximate surface area is 125 Å². The molecule has 2 rings (SSSR count). The van der Waals surface area contributed by atoms with E-state index >= 15 is 0 Å². The lowest BCUT2D eigenvalue weighted by Crippen LogP contribution is -2.29. The van der Waals surface area contributed by atoms with E-state index < -0.39 is 4.92 Å². The van der Waals surface area contributed by atoms with Crippen LogP contribution in [0.4, 0.5) is 11.5 Å². The molecule has 1 aromatic rings. The van der Waals surface area contributed by atoms with Crippen molar-refractivity contribution in [3.63, 3.8) is 0 Å². The van der Waals surface area contributed by atoms with Gasteiger partial charge in [-0.1, -0.05) is 6.92 Å². The molecule has 1 fully saturated rings. The second-order valence-corrected chi connectivity index (χ2v) is 5.95. The molecule has 0 aromatic carbocycles. The molecule has 1 saturated heterocycles. The standard InChI is InChI=1S/C15H24N4O2/c1-4-6-17(3)10-13-5-7-18(11-13)15-12(2)8-14(9-16-15)19(20)21/h8-9,13H,4-7,10-11H2,1-3H3. The molecule has 1 atom stereocenters. The molecule has 2 heterocycles. The zero-order valence-corrected chi connectivity index (χ0v) is 13.1. The van der Waals surface area contributed by atoms with Crippen molar-refractivity contribution in [1.29, 1.82) is 0 Å². The third-order valence-corrected chi connectivity index (χ3v) is 4.01. The summed E-state index contributed by atoms with van der Waals surface area (Å²) in [4.78, 5) is 19.3. The van der Waals surface area contributed by atoms with Crippen LogP contribution in [0.15, 0.2) is 12.3 Å². The molecule has 6 heteroatoms. The minimum atomic E-state index is -0.393. The molecule has 0 aliphatic carbocycles. The van der Waals surface area contributed by atoms with E-state index in [2.05, 4.69) is 28.8 Å². The van der Waals surface area contributed by atoms with E-state index in [1.807, 2.05) is 6.92 Å². The molecule has 0 amide bonds. The van der Waals surface area contributed by atoms with Gasteiger partial charge in [0, 0.05) is 25.7 Å². The van der Waals surface area contributed by atoms with Gasteiger partial charge in [0.15, 0.2) is 0 Å². The molecule has 21 heavy (non-hydrogen) atoms. The smallest absolute Gasteiger partial charge is 0.287 e. The number of aromatic nitrogens is 1. The molecule has 116 valence electrons. The van der Waals surface area contributed by atoms with Crippen molar-refractivity contribution in [1.82, 2.24) is 9.88 Å². The minimum absolute atomic E-state index is 0.0645. The number of pyridine rings is 1. The van der Waals surface area contributed by atoms with E-state index in [-0.39, 0.29) is 5.69 Å². The maximum atomic E-state index is 10.8. The number of aryl methyl sites for hydroxylation is 1. The van der Waals surface area contributed by atoms with Crippen molar-refractivity contribution in [3.05, 3.63) is 27.9 Å². The highest BCUT2D eigenvalue weighted by molar-refractivity contribution is 5.51. The average Bonchev–Trinajstić information content (AvgIpc) is 2.86. The summed E-state index contributed by atoms with van der Waals surface area (Å²) in [5.41, 5.74) is 0.946. The first-order chi connectivity index (χ1) is 10.0. The van der Waals surface area contributed by atoms with Gasteiger partial charge in [0.2, 0.25) is 0 Å². The highest BCUT2D eigenvalue weighted by Gasteiger charge is 2.26. The van der Waals surface area contributed by atoms with E-state index in [4.69, 9.17) is 0 Å². The molecule has 1 aromatic heterocycles. The van der Waals surface area contributed by atoms with E-state index in [1.54, 1.807) is 6.07 Å². The average molecular weight is 292 g/mol. The molecular weight excluding hydrogens is 268 g/mol. The van der Waals surface area contributed by atoms with E-state index in [0.717, 1.165) is 44.0 Å². The molecule has 0 spiro atoms. The first-order valence-electron chi connectivity index (χ1n) is 7.55. The molecule has 1 aliphatic heterocycles. The lowest BCUT2D eigenvalue weighted by atomic mass is 10.1. The van der Waals surface area contributed by atoms with Gasteiger partial charge in [-0.15, -0.1) is 0 Å². The highest BCUT2D eigenvalue weighted by atomic mass is 16.6. The van der Waals surface area contributed by atoms with Crippen LogP contribution in [0.2, 0.25) is 0 Å². The summed E-state index contributed by atoms with van der Waals surface area (Å²) in [6.07, 6.45) is 3.70. The summed E-state index contributed by atoms with van der Waals surface area (Å²) in [7, 11) is 2.17. The van der Waals surface area contributed by atoms with Gasteiger partial charge in [0.05, 0.1) is 4.92 Å². The third kappa shape index (κ3) is 3.91. The maximum Gasteiger partial charge on any atom is 0.287 e. The summed E-state index contributed by atoms with van der Waals surface area (Å²) >= 11 is 0. The summed E-state index contributed by atoms with van der Waals surface area (Å²) in [6.45, 7) is 8.30. The first-order valence-corrected chi connectivity index (χ1v) is 7.55. The lowest BCUT2D eigenvalue weighted by molar-refractivity contribution is -0.385. The molecule has 6 nitrogen and oxygen atoms in total. The Bertz CT molecular complexity index is 506. The van der Waals surface area contributed by atoms with Crippen LogP contribution >= 0.6 is 0 Å². The molecule has 1 aliphatic rings. The van der Waals surface area contributed by atoms with Gasteiger partial charge in [-0.3, -0.25) is 10.1 Å². The van der Waals surface area contributed by atoms with Crippen LogP contribution < -0.4 is 4.90 Å². The molecule has 0 saturated carbocycles. The van der Waals surface area contributed by atoms with Crippen molar-refractivity contribution < 1.29 is 4.92 Å². The van der Waals surface area contributed by atoms with Gasteiger partial charge < -0.3 is 9.80 Å². The van der Waals surface area contributed by atoms with Gasteiger partial charge >= 0.3 is 0 Å². The summed E-state index contributed by atoms with van der Waals surface area (Å²) in [6, 6.07) is 1.61. The number of nitrogens with zero attached hydrogens (tertiary/aromatic N) is 4. The second-order valence-electron chi connectivity index (χ2n) is 5.95. The molecule has 0 radical (unpaired) electrons. The van der Waals surface area contributed by atoms with Crippen molar-refractivity contribution in [2.75, 3.05) is 38.1 Å². The maximum absolute atomic E-state index is 10.8. The minimum Gasteiger partial charge on any atom is -0.356 e. The zero-order chi connectivity index (χ0) is 15.4. The van der Waals surface area contributed by atoms with Crippen LogP contribution in [0.3, 0.4) is 0 Å². The van der Waals surface area contributed by atoms with Gasteiger partial charge in [0.25, 0.3) is 5.69 Å². The molecule has 1 unspecified atom stereocenters. The van der Waals surface area contributed by atoms with Crippen LogP contribution in [-0.4, -0.2) is 48.0 Å². The zero-order valence-electron chi connectivity index (χ0n) is 13.1. The topological polar surface area (TPSA) is 62.5 Å². The summed E-state index contributed by atoms with van der Waals surface area (Å²) in [5, 5.41) is 10.8. The van der Waals surface area contributed by atoms with Crippen molar-refractivity contribution >= 4 is 11.5 Å². The second kappa shape index (κ2) is 6.85. The third-order valence-electron chi connectivity index (χ3n) is 4.01. The fourth-order valence-corrected chi connectivity index (χ4v) is 3.07. The number of rotatable bonds is 6. The number of anilines is 1. The quantitative estimate of drug-likeness (QED) is 0.595. The molecule has 0 N–H and O–H groups in total. The summed E-state index contributed by atoms with van der Waals surface area (Å²) in [5.74, 6) is 1.54. The van der Waals surface area contributed by atoms with Crippen LogP contribution in [-0.2, 0) is 0 Å². The monoisotopic (exact) mass is 292 g/mol. The largest absolute Gasteiger partial charge is 0.356 e. The Kier molecular flexibility index (Phi) is 5.12. The predicted molar refractivity (Wildman–Crippen MR) is 83.7 cm³/mol. The highest BCUT2D eigenvalue weighted by Crippen LogP contribution is 2.27. The van der Waals surface area contributed by atoms with Crippen LogP contribution in [0.5, 0.6) is 0 Å². The number of nitro groups is 1. The van der Waals surface area contributed by atoms with Gasteiger partial charge in [-0.05, 0) is 44.8 Å². The van der Waals surface area contributed by atoms with E-state index in [0.29, 0.717) is 5.92 Å². The van der Waals surface area contributed by atoms with Crippen LogP contribution in [0, 0.1) is 23.0 Å². The van der Waals surface area contributed by atoms with Crippen LogP contribution in [0.25, 0.3) is 0 Å². The van der Waals surface area contributed by atoms with Gasteiger partial charge in [-0.2, -0.15) is 0 Å². The fourth-order valence-electron chi connectivity index (χ4n) is 3.07. The first kappa shape index (κ1) is 15.7. The lowest BCUT2D eigenvalue weighted by Gasteiger charge is -2.22. The predicted octanol–water partition coefficient (Wildman–Crippen LogP) is 2.47. The van der Waals surface area contributed by atoms with Gasteiger partial charge in [-0.25, -0.2) is 4.98 Å².